The van der Waals surface area contributed by atoms with Gasteiger partial charge >= 0.3 is 0 Å². The average Bonchev–Trinajstić information content (AvgIpc) is 2.99. The molecule has 2 rings (SSSR count). The second-order valence-corrected chi connectivity index (χ2v) is 5.38. The van der Waals surface area contributed by atoms with Crippen LogP contribution in [0.3, 0.4) is 0 Å². The summed E-state index contributed by atoms with van der Waals surface area (Å²) < 4.78 is 1.82. The van der Waals surface area contributed by atoms with Gasteiger partial charge in [0.25, 0.3) is 0 Å². The van der Waals surface area contributed by atoms with Gasteiger partial charge < -0.3 is 9.88 Å². The summed E-state index contributed by atoms with van der Waals surface area (Å²) in [7, 11) is 4.00. The van der Waals surface area contributed by atoms with Crippen LogP contribution in [0.5, 0.6) is 0 Å². The number of likely N-dealkylation sites (N-methyl/N-ethyl adjacent to an activating group) is 1. The van der Waals surface area contributed by atoms with Crippen molar-refractivity contribution >= 4 is 12.1 Å². The molecule has 0 saturated carbocycles. The fraction of sp³-hybridized carbons (Fsp3) is 0.400. The Balaban J connectivity index is 2.42. The molecule has 6 heteroatoms. The third-order valence-electron chi connectivity index (χ3n) is 3.38. The highest BCUT2D eigenvalue weighted by Gasteiger charge is 2.20. The molecule has 0 aromatic carbocycles. The highest BCUT2D eigenvalue weighted by Crippen LogP contribution is 2.29. The lowest BCUT2D eigenvalue weighted by molar-refractivity contribution is 0.101. The van der Waals surface area contributed by atoms with Gasteiger partial charge in [0, 0.05) is 35.1 Å². The topological polar surface area (TPSA) is 71.0 Å². The van der Waals surface area contributed by atoms with Crippen LogP contribution in [0, 0.1) is 6.92 Å². The molecule has 0 fully saturated rings. The lowest BCUT2D eigenvalue weighted by atomic mass is 10.0. The van der Waals surface area contributed by atoms with Crippen LogP contribution in [0.4, 0.5) is 0 Å². The number of rotatable bonds is 6. The maximum Gasteiger partial charge on any atom is 0.166 e. The molecule has 0 atom stereocenters. The molecule has 2 aromatic rings. The summed E-state index contributed by atoms with van der Waals surface area (Å²) in [5.41, 5.74) is 3.12. The fourth-order valence-electron chi connectivity index (χ4n) is 2.39. The molecule has 0 aliphatic rings. The normalized spacial score (nSPS) is 11.1. The first-order valence-corrected chi connectivity index (χ1v) is 6.80. The maximum absolute atomic E-state index is 11.8. The molecule has 0 aliphatic heterocycles. The molecule has 112 valence electrons. The van der Waals surface area contributed by atoms with Crippen LogP contribution in [0.2, 0.25) is 0 Å². The van der Waals surface area contributed by atoms with Crippen molar-refractivity contribution in [2.24, 2.45) is 0 Å². The quantitative estimate of drug-likeness (QED) is 0.649. The zero-order chi connectivity index (χ0) is 15.6. The lowest BCUT2D eigenvalue weighted by Gasteiger charge is -2.08. The van der Waals surface area contributed by atoms with Gasteiger partial charge in [-0.1, -0.05) is 0 Å². The summed E-state index contributed by atoms with van der Waals surface area (Å²) in [6, 6.07) is 0. The Morgan fingerprint density at radius 3 is 2.76 bits per heavy atom. The van der Waals surface area contributed by atoms with Crippen molar-refractivity contribution in [3.05, 3.63) is 29.3 Å². The second-order valence-electron chi connectivity index (χ2n) is 5.38. The molecule has 0 aliphatic carbocycles. The van der Waals surface area contributed by atoms with Crippen molar-refractivity contribution in [2.75, 3.05) is 20.6 Å². The van der Waals surface area contributed by atoms with Crippen molar-refractivity contribution in [3.63, 3.8) is 0 Å². The Kier molecular flexibility index (Phi) is 4.37. The Bertz CT molecular complexity index is 667. The standard InChI is InChI=1S/C15H20N4O2/c1-10-14(11(2)21)15(13(9-20)17-10)12-7-16-19(8-12)6-5-18(3)4/h7-9,17H,5-6H2,1-4H3. The van der Waals surface area contributed by atoms with Gasteiger partial charge in [-0.3, -0.25) is 14.3 Å². The smallest absolute Gasteiger partial charge is 0.166 e. The number of carbonyl (C=O) groups excluding carboxylic acids is 2. The van der Waals surface area contributed by atoms with Gasteiger partial charge in [0.1, 0.15) is 0 Å². The van der Waals surface area contributed by atoms with E-state index >= 15 is 0 Å². The molecule has 0 bridgehead atoms. The molecule has 0 saturated heterocycles. The molecule has 0 spiro atoms. The number of H-pyrrole nitrogens is 1. The monoisotopic (exact) mass is 288 g/mol. The summed E-state index contributed by atoms with van der Waals surface area (Å²) in [4.78, 5) is 28.1. The summed E-state index contributed by atoms with van der Waals surface area (Å²) in [6.45, 7) is 4.92. The van der Waals surface area contributed by atoms with E-state index in [0.29, 0.717) is 22.5 Å². The molecule has 2 heterocycles. The number of aromatic nitrogens is 3. The fourth-order valence-corrected chi connectivity index (χ4v) is 2.39. The summed E-state index contributed by atoms with van der Waals surface area (Å²) >= 11 is 0. The van der Waals surface area contributed by atoms with Gasteiger partial charge in [-0.15, -0.1) is 0 Å². The Labute approximate surface area is 123 Å². The molecule has 0 amide bonds. The van der Waals surface area contributed by atoms with E-state index in [9.17, 15) is 9.59 Å². The average molecular weight is 288 g/mol. The summed E-state index contributed by atoms with van der Waals surface area (Å²) in [6.07, 6.45) is 4.30. The van der Waals surface area contributed by atoms with Crippen LogP contribution < -0.4 is 0 Å². The highest BCUT2D eigenvalue weighted by atomic mass is 16.1. The van der Waals surface area contributed by atoms with E-state index in [2.05, 4.69) is 15.0 Å². The second kappa shape index (κ2) is 6.05. The number of aldehydes is 1. The Morgan fingerprint density at radius 1 is 1.48 bits per heavy atom. The summed E-state index contributed by atoms with van der Waals surface area (Å²) in [5, 5.41) is 4.30. The number of hydrogen-bond donors (Lipinski definition) is 1. The molecule has 6 nitrogen and oxygen atoms in total. The van der Waals surface area contributed by atoms with Gasteiger partial charge in [0.2, 0.25) is 0 Å². The van der Waals surface area contributed by atoms with Crippen LogP contribution in [0.25, 0.3) is 11.1 Å². The zero-order valence-electron chi connectivity index (χ0n) is 12.8. The molecule has 0 radical (unpaired) electrons. The van der Waals surface area contributed by atoms with Gasteiger partial charge in [0.05, 0.1) is 18.4 Å². The SMILES string of the molecule is CC(=O)c1c(C)[nH]c(C=O)c1-c1cnn(CCN(C)C)c1. The minimum Gasteiger partial charge on any atom is -0.355 e. The predicted octanol–water partition coefficient (Wildman–Crippen LogP) is 1.76. The number of aryl methyl sites for hydroxylation is 1. The van der Waals surface area contributed by atoms with E-state index in [1.54, 1.807) is 13.1 Å². The molecular formula is C15H20N4O2. The Hall–Kier alpha value is -2.21. The number of aromatic amines is 1. The van der Waals surface area contributed by atoms with Crippen molar-refractivity contribution in [1.29, 1.82) is 0 Å². The number of ketones is 1. The van der Waals surface area contributed by atoms with Crippen molar-refractivity contribution in [1.82, 2.24) is 19.7 Å². The molecule has 21 heavy (non-hydrogen) atoms. The number of nitrogens with one attached hydrogen (secondary N) is 1. The van der Waals surface area contributed by atoms with Crippen molar-refractivity contribution in [2.45, 2.75) is 20.4 Å². The first kappa shape index (κ1) is 15.2. The van der Waals surface area contributed by atoms with Gasteiger partial charge in [-0.25, -0.2) is 0 Å². The number of nitrogens with zero attached hydrogens (tertiary/aromatic N) is 3. The number of carbonyl (C=O) groups is 2. The van der Waals surface area contributed by atoms with Gasteiger partial charge in [-0.05, 0) is 27.9 Å². The molecule has 2 aromatic heterocycles. The van der Waals surface area contributed by atoms with Crippen LogP contribution >= 0.6 is 0 Å². The van der Waals surface area contributed by atoms with Crippen LogP contribution in [0.15, 0.2) is 12.4 Å². The van der Waals surface area contributed by atoms with Gasteiger partial charge in [0.15, 0.2) is 12.1 Å². The largest absolute Gasteiger partial charge is 0.355 e. The minimum absolute atomic E-state index is 0.0621. The number of Topliss-reactive ketones (excluding diaryl/α,β-unsaturated/α-hetero) is 1. The zero-order valence-corrected chi connectivity index (χ0v) is 12.8. The van der Waals surface area contributed by atoms with Crippen LogP contribution in [-0.4, -0.2) is 52.4 Å². The van der Waals surface area contributed by atoms with E-state index < -0.39 is 0 Å². The molecular weight excluding hydrogens is 268 g/mol. The minimum atomic E-state index is -0.0621. The van der Waals surface area contributed by atoms with E-state index in [-0.39, 0.29) is 5.78 Å². The third-order valence-corrected chi connectivity index (χ3v) is 3.38. The number of hydrogen-bond acceptors (Lipinski definition) is 4. The van der Waals surface area contributed by atoms with E-state index in [0.717, 1.165) is 24.9 Å². The van der Waals surface area contributed by atoms with Crippen molar-refractivity contribution < 1.29 is 9.59 Å². The van der Waals surface area contributed by atoms with E-state index in [1.807, 2.05) is 25.0 Å². The maximum atomic E-state index is 11.8. The lowest BCUT2D eigenvalue weighted by Crippen LogP contribution is -2.18. The third kappa shape index (κ3) is 3.11. The first-order valence-electron chi connectivity index (χ1n) is 6.80. The van der Waals surface area contributed by atoms with Gasteiger partial charge in [-0.2, -0.15) is 5.10 Å². The van der Waals surface area contributed by atoms with E-state index in [4.69, 9.17) is 0 Å². The Morgan fingerprint density at radius 2 is 2.19 bits per heavy atom. The highest BCUT2D eigenvalue weighted by molar-refractivity contribution is 6.05. The molecule has 0 unspecified atom stereocenters. The summed E-state index contributed by atoms with van der Waals surface area (Å²) in [5.74, 6) is -0.0621. The van der Waals surface area contributed by atoms with Crippen LogP contribution in [0.1, 0.15) is 33.5 Å². The first-order chi connectivity index (χ1) is 9.93. The predicted molar refractivity (Wildman–Crippen MR) is 80.7 cm³/mol. The van der Waals surface area contributed by atoms with E-state index in [1.165, 1.54) is 6.92 Å². The van der Waals surface area contributed by atoms with Crippen molar-refractivity contribution in [3.8, 4) is 11.1 Å². The molecule has 1 N–H and O–H groups in total. The van der Waals surface area contributed by atoms with Crippen LogP contribution in [-0.2, 0) is 6.54 Å².